The van der Waals surface area contributed by atoms with Crippen molar-refractivity contribution in [2.45, 2.75) is 6.42 Å². The van der Waals surface area contributed by atoms with E-state index in [2.05, 4.69) is 10.3 Å². The van der Waals surface area contributed by atoms with E-state index < -0.39 is 18.5 Å². The maximum atomic E-state index is 12.7. The fourth-order valence-corrected chi connectivity index (χ4v) is 1.99. The van der Waals surface area contributed by atoms with Gasteiger partial charge in [0.25, 0.3) is 5.91 Å². The van der Waals surface area contributed by atoms with Gasteiger partial charge in [-0.05, 0) is 36.2 Å². The Morgan fingerprint density at radius 3 is 2.65 bits per heavy atom. The highest BCUT2D eigenvalue weighted by atomic mass is 35.5. The van der Waals surface area contributed by atoms with Crippen molar-refractivity contribution in [2.75, 3.05) is 13.2 Å². The average Bonchev–Trinajstić information content (AvgIpc) is 2.55. The first-order valence-electron chi connectivity index (χ1n) is 6.85. The van der Waals surface area contributed by atoms with Crippen LogP contribution in [0.1, 0.15) is 15.9 Å². The van der Waals surface area contributed by atoms with Crippen LogP contribution in [0.5, 0.6) is 0 Å². The summed E-state index contributed by atoms with van der Waals surface area (Å²) in [6.07, 6.45) is 2.00. The molecule has 2 rings (SSSR count). The minimum Gasteiger partial charge on any atom is -0.452 e. The zero-order valence-corrected chi connectivity index (χ0v) is 12.8. The molecule has 0 fully saturated rings. The molecule has 7 heteroatoms. The number of aromatic nitrogens is 1. The first kappa shape index (κ1) is 16.9. The maximum absolute atomic E-state index is 12.7. The van der Waals surface area contributed by atoms with Crippen LogP contribution in [-0.2, 0) is 16.0 Å². The lowest BCUT2D eigenvalue weighted by Crippen LogP contribution is -2.30. The average molecular weight is 337 g/mol. The van der Waals surface area contributed by atoms with Crippen LogP contribution in [0.2, 0.25) is 5.15 Å². The molecular weight excluding hydrogens is 323 g/mol. The first-order chi connectivity index (χ1) is 11.1. The molecule has 0 aliphatic rings. The molecule has 1 N–H and O–H groups in total. The van der Waals surface area contributed by atoms with Crippen LogP contribution < -0.4 is 5.32 Å². The standard InChI is InChI=1S/C16H14ClFN2O3/c17-15-13(2-1-8-20-15)16(22)23-10-14(21)19-9-7-11-3-5-12(18)6-4-11/h1-6,8H,7,9-10H2,(H,19,21). The summed E-state index contributed by atoms with van der Waals surface area (Å²) < 4.78 is 17.6. The Hall–Kier alpha value is -2.47. The molecule has 0 bridgehead atoms. The molecule has 0 saturated heterocycles. The van der Waals surface area contributed by atoms with Crippen molar-refractivity contribution in [3.63, 3.8) is 0 Å². The number of pyridine rings is 1. The van der Waals surface area contributed by atoms with Gasteiger partial charge < -0.3 is 10.1 Å². The second kappa shape index (κ2) is 8.24. The lowest BCUT2D eigenvalue weighted by molar-refractivity contribution is -0.124. The second-order valence-electron chi connectivity index (χ2n) is 4.64. The fourth-order valence-electron chi connectivity index (χ4n) is 1.80. The van der Waals surface area contributed by atoms with Crippen molar-refractivity contribution in [1.82, 2.24) is 10.3 Å². The van der Waals surface area contributed by atoms with E-state index in [-0.39, 0.29) is 16.5 Å². The molecule has 23 heavy (non-hydrogen) atoms. The number of carbonyl (C=O) groups is 2. The number of nitrogens with zero attached hydrogens (tertiary/aromatic N) is 1. The van der Waals surface area contributed by atoms with Gasteiger partial charge in [0.15, 0.2) is 6.61 Å². The summed E-state index contributed by atoms with van der Waals surface area (Å²) in [6.45, 7) is -0.0524. The third kappa shape index (κ3) is 5.34. The summed E-state index contributed by atoms with van der Waals surface area (Å²) in [7, 11) is 0. The monoisotopic (exact) mass is 336 g/mol. The zero-order chi connectivity index (χ0) is 16.7. The van der Waals surface area contributed by atoms with E-state index in [0.717, 1.165) is 5.56 Å². The molecule has 1 aromatic heterocycles. The Bertz CT molecular complexity index is 692. The van der Waals surface area contributed by atoms with E-state index in [4.69, 9.17) is 16.3 Å². The quantitative estimate of drug-likeness (QED) is 0.649. The number of ether oxygens (including phenoxy) is 1. The van der Waals surface area contributed by atoms with Crippen LogP contribution >= 0.6 is 11.6 Å². The maximum Gasteiger partial charge on any atom is 0.341 e. The summed E-state index contributed by atoms with van der Waals surface area (Å²) >= 11 is 5.76. The molecule has 2 aromatic rings. The number of carbonyl (C=O) groups excluding carboxylic acids is 2. The third-order valence-corrected chi connectivity index (χ3v) is 3.26. The fraction of sp³-hybridized carbons (Fsp3) is 0.188. The molecule has 0 spiro atoms. The number of rotatable bonds is 6. The van der Waals surface area contributed by atoms with Crippen LogP contribution in [0.3, 0.4) is 0 Å². The normalized spacial score (nSPS) is 10.2. The van der Waals surface area contributed by atoms with Gasteiger partial charge in [-0.2, -0.15) is 0 Å². The van der Waals surface area contributed by atoms with Gasteiger partial charge in [-0.25, -0.2) is 14.2 Å². The Morgan fingerprint density at radius 2 is 1.96 bits per heavy atom. The van der Waals surface area contributed by atoms with Gasteiger partial charge in [0.05, 0.1) is 5.56 Å². The van der Waals surface area contributed by atoms with Crippen LogP contribution in [0.25, 0.3) is 0 Å². The van der Waals surface area contributed by atoms with Crippen molar-refractivity contribution in [1.29, 1.82) is 0 Å². The predicted molar refractivity (Wildman–Crippen MR) is 82.6 cm³/mol. The van der Waals surface area contributed by atoms with E-state index in [1.54, 1.807) is 18.2 Å². The topological polar surface area (TPSA) is 68.3 Å². The number of nitrogens with one attached hydrogen (secondary N) is 1. The van der Waals surface area contributed by atoms with Crippen molar-refractivity contribution in [3.05, 3.63) is 64.7 Å². The van der Waals surface area contributed by atoms with Gasteiger partial charge in [-0.15, -0.1) is 0 Å². The van der Waals surface area contributed by atoms with Gasteiger partial charge in [0, 0.05) is 12.7 Å². The van der Waals surface area contributed by atoms with Gasteiger partial charge in [-0.3, -0.25) is 4.79 Å². The highest BCUT2D eigenvalue weighted by molar-refractivity contribution is 6.32. The molecular formula is C16H14ClFN2O3. The van der Waals surface area contributed by atoms with Crippen molar-refractivity contribution >= 4 is 23.5 Å². The number of hydrogen-bond donors (Lipinski definition) is 1. The SMILES string of the molecule is O=C(COC(=O)c1cccnc1Cl)NCCc1ccc(F)cc1. The Morgan fingerprint density at radius 1 is 1.22 bits per heavy atom. The summed E-state index contributed by atoms with van der Waals surface area (Å²) in [6, 6.07) is 9.01. The van der Waals surface area contributed by atoms with E-state index >= 15 is 0 Å². The Balaban J connectivity index is 1.72. The molecule has 0 aliphatic heterocycles. The minimum absolute atomic E-state index is 0.0224. The van der Waals surface area contributed by atoms with E-state index in [0.29, 0.717) is 13.0 Å². The van der Waals surface area contributed by atoms with Crippen molar-refractivity contribution in [3.8, 4) is 0 Å². The number of benzene rings is 1. The summed E-state index contributed by atoms with van der Waals surface area (Å²) in [4.78, 5) is 27.1. The van der Waals surface area contributed by atoms with Gasteiger partial charge in [0.2, 0.25) is 0 Å². The molecule has 0 atom stereocenters. The molecule has 5 nitrogen and oxygen atoms in total. The molecule has 1 amide bonds. The number of esters is 1. The smallest absolute Gasteiger partial charge is 0.341 e. The molecule has 1 aromatic carbocycles. The number of amides is 1. The lowest BCUT2D eigenvalue weighted by Gasteiger charge is -2.07. The van der Waals surface area contributed by atoms with Gasteiger partial charge in [-0.1, -0.05) is 23.7 Å². The molecule has 0 unspecified atom stereocenters. The van der Waals surface area contributed by atoms with Gasteiger partial charge in [0.1, 0.15) is 11.0 Å². The van der Waals surface area contributed by atoms with Crippen molar-refractivity contribution < 1.29 is 18.7 Å². The number of hydrogen-bond acceptors (Lipinski definition) is 4. The third-order valence-electron chi connectivity index (χ3n) is 2.96. The summed E-state index contributed by atoms with van der Waals surface area (Å²) in [5.41, 5.74) is 0.999. The van der Waals surface area contributed by atoms with E-state index in [1.165, 1.54) is 24.4 Å². The first-order valence-corrected chi connectivity index (χ1v) is 7.23. The minimum atomic E-state index is -0.711. The number of halogens is 2. The van der Waals surface area contributed by atoms with Crippen LogP contribution in [0.15, 0.2) is 42.6 Å². The van der Waals surface area contributed by atoms with Gasteiger partial charge >= 0.3 is 5.97 Å². The van der Waals surface area contributed by atoms with Crippen LogP contribution in [0, 0.1) is 5.82 Å². The van der Waals surface area contributed by atoms with E-state index in [9.17, 15) is 14.0 Å². The largest absolute Gasteiger partial charge is 0.452 e. The second-order valence-corrected chi connectivity index (χ2v) is 5.00. The van der Waals surface area contributed by atoms with Crippen LogP contribution in [-0.4, -0.2) is 30.0 Å². The molecule has 0 saturated carbocycles. The Labute approximate surface area is 137 Å². The molecule has 0 aliphatic carbocycles. The molecule has 120 valence electrons. The highest BCUT2D eigenvalue weighted by Gasteiger charge is 2.13. The van der Waals surface area contributed by atoms with Crippen molar-refractivity contribution in [2.24, 2.45) is 0 Å². The lowest BCUT2D eigenvalue weighted by atomic mass is 10.1. The Kier molecular flexibility index (Phi) is 6.05. The predicted octanol–water partition coefficient (Wildman–Crippen LogP) is 2.39. The highest BCUT2D eigenvalue weighted by Crippen LogP contribution is 2.12. The summed E-state index contributed by atoms with van der Waals surface area (Å²) in [5.74, 6) is -1.45. The molecule has 1 heterocycles. The molecule has 0 radical (unpaired) electrons. The summed E-state index contributed by atoms with van der Waals surface area (Å²) in [5, 5.41) is 2.63. The van der Waals surface area contributed by atoms with Crippen LogP contribution in [0.4, 0.5) is 4.39 Å². The zero-order valence-electron chi connectivity index (χ0n) is 12.1. The van der Waals surface area contributed by atoms with E-state index in [1.807, 2.05) is 0 Å².